The first-order valence-electron chi connectivity index (χ1n) is 11.1. The Balaban J connectivity index is 1.22. The summed E-state index contributed by atoms with van der Waals surface area (Å²) >= 11 is 1.29. The molecule has 9 nitrogen and oxygen atoms in total. The van der Waals surface area contributed by atoms with E-state index < -0.39 is 0 Å². The molecule has 5 rings (SSSR count). The van der Waals surface area contributed by atoms with E-state index in [0.29, 0.717) is 42.4 Å². The molecular formula is C24H24N6O3S. The Bertz CT molecular complexity index is 1310. The average Bonchev–Trinajstić information content (AvgIpc) is 3.53. The summed E-state index contributed by atoms with van der Waals surface area (Å²) in [7, 11) is 0. The van der Waals surface area contributed by atoms with Gasteiger partial charge in [-0.3, -0.25) is 9.59 Å². The standard InChI is InChI=1S/C24H24N6O3S/c1-16-5-4-10-30-13-18(26-21(16)30)14-33-20-7-3-2-6-19(20)23(32)29-11-8-17(9-12-29)22(31)27-24-28-25-15-34-24/h2-7,10,13,15,17H,8-9,11-12,14H2,1H3,(H,27,28,31). The molecule has 0 atom stereocenters. The van der Waals surface area contributed by atoms with Crippen LogP contribution in [-0.4, -0.2) is 49.4 Å². The molecule has 1 fully saturated rings. The Labute approximate surface area is 200 Å². The second-order valence-electron chi connectivity index (χ2n) is 8.24. The molecule has 3 aromatic heterocycles. The van der Waals surface area contributed by atoms with Crippen molar-refractivity contribution in [3.63, 3.8) is 0 Å². The molecule has 0 spiro atoms. The number of carbonyl (C=O) groups excluding carboxylic acids is 2. The molecule has 2 amide bonds. The molecule has 10 heteroatoms. The molecule has 174 valence electrons. The number of carbonyl (C=O) groups is 2. The van der Waals surface area contributed by atoms with Crippen LogP contribution in [0.25, 0.3) is 5.65 Å². The van der Waals surface area contributed by atoms with Gasteiger partial charge in [0.1, 0.15) is 23.5 Å². The minimum absolute atomic E-state index is 0.0738. The van der Waals surface area contributed by atoms with E-state index in [9.17, 15) is 9.59 Å². The zero-order valence-electron chi connectivity index (χ0n) is 18.7. The Morgan fingerprint density at radius 3 is 2.76 bits per heavy atom. The number of likely N-dealkylation sites (tertiary alicyclic amines) is 1. The van der Waals surface area contributed by atoms with Gasteiger partial charge in [0.25, 0.3) is 5.91 Å². The van der Waals surface area contributed by atoms with Crippen molar-refractivity contribution in [2.24, 2.45) is 5.92 Å². The monoisotopic (exact) mass is 476 g/mol. The van der Waals surface area contributed by atoms with Gasteiger partial charge in [0.2, 0.25) is 11.0 Å². The van der Waals surface area contributed by atoms with Gasteiger partial charge >= 0.3 is 0 Å². The van der Waals surface area contributed by atoms with Crippen molar-refractivity contribution in [3.8, 4) is 5.75 Å². The highest BCUT2D eigenvalue weighted by molar-refractivity contribution is 7.13. The van der Waals surface area contributed by atoms with Crippen molar-refractivity contribution in [1.29, 1.82) is 0 Å². The molecule has 0 unspecified atom stereocenters. The Morgan fingerprint density at radius 1 is 1.18 bits per heavy atom. The average molecular weight is 477 g/mol. The van der Waals surface area contributed by atoms with Crippen molar-refractivity contribution in [3.05, 3.63) is 71.1 Å². The lowest BCUT2D eigenvalue weighted by molar-refractivity contribution is -0.121. The number of pyridine rings is 1. The number of hydrogen-bond donors (Lipinski definition) is 1. The molecule has 34 heavy (non-hydrogen) atoms. The lowest BCUT2D eigenvalue weighted by atomic mass is 9.95. The number of ether oxygens (including phenoxy) is 1. The Hall–Kier alpha value is -3.79. The third kappa shape index (κ3) is 4.62. The second-order valence-corrected chi connectivity index (χ2v) is 9.07. The molecule has 1 aliphatic heterocycles. The van der Waals surface area contributed by atoms with E-state index in [2.05, 4.69) is 20.5 Å². The molecule has 0 bridgehead atoms. The van der Waals surface area contributed by atoms with Crippen LogP contribution in [0.5, 0.6) is 5.75 Å². The SMILES string of the molecule is Cc1cccn2cc(COc3ccccc3C(=O)N3CCC(C(=O)Nc4nncs4)CC3)nc12. The van der Waals surface area contributed by atoms with E-state index >= 15 is 0 Å². The zero-order chi connectivity index (χ0) is 23.5. The maximum Gasteiger partial charge on any atom is 0.257 e. The van der Waals surface area contributed by atoms with Gasteiger partial charge in [-0.1, -0.05) is 29.5 Å². The summed E-state index contributed by atoms with van der Waals surface area (Å²) in [4.78, 5) is 32.2. The summed E-state index contributed by atoms with van der Waals surface area (Å²) in [5, 5.41) is 10.9. The fourth-order valence-electron chi connectivity index (χ4n) is 4.14. The normalized spacial score (nSPS) is 14.3. The zero-order valence-corrected chi connectivity index (χ0v) is 19.5. The van der Waals surface area contributed by atoms with Crippen molar-refractivity contribution in [2.45, 2.75) is 26.4 Å². The number of rotatable bonds is 6. The lowest BCUT2D eigenvalue weighted by Gasteiger charge is -2.31. The van der Waals surface area contributed by atoms with Crippen LogP contribution in [0.3, 0.4) is 0 Å². The molecule has 1 N–H and O–H groups in total. The van der Waals surface area contributed by atoms with Crippen molar-refractivity contribution < 1.29 is 14.3 Å². The number of para-hydroxylation sites is 1. The molecule has 1 saturated heterocycles. The quantitative estimate of drug-likeness (QED) is 0.457. The van der Waals surface area contributed by atoms with Gasteiger partial charge in [0.15, 0.2) is 0 Å². The Kier molecular flexibility index (Phi) is 6.22. The first-order chi connectivity index (χ1) is 16.6. The van der Waals surface area contributed by atoms with Gasteiger partial charge in [0.05, 0.1) is 11.3 Å². The molecule has 4 heterocycles. The number of nitrogens with zero attached hydrogens (tertiary/aromatic N) is 5. The topological polar surface area (TPSA) is 102 Å². The van der Waals surface area contributed by atoms with Gasteiger partial charge in [-0.15, -0.1) is 10.2 Å². The van der Waals surface area contributed by atoms with E-state index in [0.717, 1.165) is 16.9 Å². The summed E-state index contributed by atoms with van der Waals surface area (Å²) in [5.74, 6) is 0.204. The van der Waals surface area contributed by atoms with Crippen LogP contribution in [0.2, 0.25) is 0 Å². The number of anilines is 1. The minimum atomic E-state index is -0.155. The van der Waals surface area contributed by atoms with Crippen LogP contribution in [0, 0.1) is 12.8 Å². The van der Waals surface area contributed by atoms with E-state index in [4.69, 9.17) is 4.74 Å². The van der Waals surface area contributed by atoms with E-state index in [1.165, 1.54) is 11.3 Å². The van der Waals surface area contributed by atoms with Gasteiger partial charge < -0.3 is 19.4 Å². The summed E-state index contributed by atoms with van der Waals surface area (Å²) in [6.07, 6.45) is 5.08. The van der Waals surface area contributed by atoms with Gasteiger partial charge in [-0.05, 0) is 43.5 Å². The Morgan fingerprint density at radius 2 is 2.00 bits per heavy atom. The van der Waals surface area contributed by atoms with Crippen LogP contribution in [0.1, 0.15) is 34.5 Å². The van der Waals surface area contributed by atoms with Crippen molar-refractivity contribution in [1.82, 2.24) is 24.5 Å². The molecule has 0 radical (unpaired) electrons. The fourth-order valence-corrected chi connectivity index (χ4v) is 4.59. The molecule has 4 aromatic rings. The molecule has 1 aliphatic rings. The molecule has 0 saturated carbocycles. The maximum atomic E-state index is 13.3. The van der Waals surface area contributed by atoms with Crippen LogP contribution < -0.4 is 10.1 Å². The third-order valence-electron chi connectivity index (χ3n) is 5.96. The summed E-state index contributed by atoms with van der Waals surface area (Å²) in [5.41, 5.74) is 4.86. The first kappa shape index (κ1) is 22.0. The number of aromatic nitrogens is 4. The number of aryl methyl sites for hydroxylation is 1. The van der Waals surface area contributed by atoms with Crippen LogP contribution in [-0.2, 0) is 11.4 Å². The number of nitrogens with one attached hydrogen (secondary N) is 1. The number of piperidine rings is 1. The number of imidazole rings is 1. The summed E-state index contributed by atoms with van der Waals surface area (Å²) in [6.45, 7) is 3.30. The van der Waals surface area contributed by atoms with E-state index in [1.54, 1.807) is 22.5 Å². The largest absolute Gasteiger partial charge is 0.486 e. The molecule has 0 aliphatic carbocycles. The smallest absolute Gasteiger partial charge is 0.257 e. The van der Waals surface area contributed by atoms with E-state index in [-0.39, 0.29) is 24.3 Å². The van der Waals surface area contributed by atoms with Gasteiger partial charge in [-0.2, -0.15) is 0 Å². The highest BCUT2D eigenvalue weighted by Crippen LogP contribution is 2.25. The van der Waals surface area contributed by atoms with Gasteiger partial charge in [0, 0.05) is 31.4 Å². The maximum absolute atomic E-state index is 13.3. The second kappa shape index (κ2) is 9.60. The molecular weight excluding hydrogens is 452 g/mol. The summed E-state index contributed by atoms with van der Waals surface area (Å²) in [6, 6.07) is 11.3. The first-order valence-corrected chi connectivity index (χ1v) is 12.0. The highest BCUT2D eigenvalue weighted by atomic mass is 32.1. The predicted octanol–water partition coefficient (Wildman–Crippen LogP) is 3.56. The van der Waals surface area contributed by atoms with Gasteiger partial charge in [-0.25, -0.2) is 4.98 Å². The predicted molar refractivity (Wildman–Crippen MR) is 128 cm³/mol. The lowest BCUT2D eigenvalue weighted by Crippen LogP contribution is -2.41. The van der Waals surface area contributed by atoms with Crippen molar-refractivity contribution in [2.75, 3.05) is 18.4 Å². The molecule has 1 aromatic carbocycles. The van der Waals surface area contributed by atoms with Crippen LogP contribution >= 0.6 is 11.3 Å². The van der Waals surface area contributed by atoms with Crippen LogP contribution in [0.15, 0.2) is 54.3 Å². The number of benzene rings is 1. The number of amides is 2. The van der Waals surface area contributed by atoms with Crippen LogP contribution in [0.4, 0.5) is 5.13 Å². The fraction of sp³-hybridized carbons (Fsp3) is 0.292. The third-order valence-corrected chi connectivity index (χ3v) is 6.57. The number of hydrogen-bond acceptors (Lipinski definition) is 7. The number of fused-ring (bicyclic) bond motifs is 1. The van der Waals surface area contributed by atoms with E-state index in [1.807, 2.05) is 48.0 Å². The van der Waals surface area contributed by atoms with Crippen molar-refractivity contribution >= 4 is 33.9 Å². The minimum Gasteiger partial charge on any atom is -0.486 e. The highest BCUT2D eigenvalue weighted by Gasteiger charge is 2.29. The summed E-state index contributed by atoms with van der Waals surface area (Å²) < 4.78 is 7.99.